The predicted octanol–water partition coefficient (Wildman–Crippen LogP) is 4.11. The standard InChI is InChI=1S/C23H28N8/c1-4-5-22-25-21(11-6-16(2)3)28-31(22)15-17-7-9-18(10-8-17)20-14-24-13-12-19(20)23-26-29-30-27-23/h7-10,12-14,16H,4-6,11,15H2,1-3H3,(H,26,27,29,30). The summed E-state index contributed by atoms with van der Waals surface area (Å²) in [5.41, 5.74) is 4.11. The Kier molecular flexibility index (Phi) is 6.45. The van der Waals surface area contributed by atoms with Gasteiger partial charge in [-0.1, -0.05) is 45.0 Å². The fourth-order valence-corrected chi connectivity index (χ4v) is 3.54. The van der Waals surface area contributed by atoms with E-state index < -0.39 is 0 Å². The second-order valence-electron chi connectivity index (χ2n) is 8.14. The van der Waals surface area contributed by atoms with Crippen LogP contribution in [0, 0.1) is 5.92 Å². The Balaban J connectivity index is 1.55. The van der Waals surface area contributed by atoms with E-state index in [1.165, 1.54) is 5.56 Å². The van der Waals surface area contributed by atoms with Crippen LogP contribution in [0.25, 0.3) is 22.5 Å². The molecule has 4 aromatic rings. The maximum atomic E-state index is 4.79. The summed E-state index contributed by atoms with van der Waals surface area (Å²) >= 11 is 0. The third kappa shape index (κ3) is 5.02. The molecule has 31 heavy (non-hydrogen) atoms. The molecule has 1 N–H and O–H groups in total. The zero-order valence-corrected chi connectivity index (χ0v) is 18.3. The van der Waals surface area contributed by atoms with E-state index in [0.29, 0.717) is 11.7 Å². The predicted molar refractivity (Wildman–Crippen MR) is 119 cm³/mol. The van der Waals surface area contributed by atoms with Crippen molar-refractivity contribution in [3.05, 3.63) is 59.9 Å². The minimum Gasteiger partial charge on any atom is -0.264 e. The first kappa shape index (κ1) is 20.8. The molecule has 0 spiro atoms. The summed E-state index contributed by atoms with van der Waals surface area (Å²) < 4.78 is 2.06. The smallest absolute Gasteiger partial charge is 0.205 e. The number of rotatable bonds is 9. The number of tetrazole rings is 1. The molecular formula is C23H28N8. The number of hydrogen-bond acceptors (Lipinski definition) is 6. The lowest BCUT2D eigenvalue weighted by atomic mass is 10.0. The molecule has 0 atom stereocenters. The highest BCUT2D eigenvalue weighted by Crippen LogP contribution is 2.29. The van der Waals surface area contributed by atoms with Crippen LogP contribution in [0.3, 0.4) is 0 Å². The minimum atomic E-state index is 0.558. The van der Waals surface area contributed by atoms with Gasteiger partial charge in [-0.25, -0.2) is 9.67 Å². The molecule has 0 amide bonds. The van der Waals surface area contributed by atoms with Gasteiger partial charge in [-0.05, 0) is 41.2 Å². The van der Waals surface area contributed by atoms with Gasteiger partial charge in [0.05, 0.1) is 6.54 Å². The first-order valence-electron chi connectivity index (χ1n) is 10.8. The number of hydrogen-bond donors (Lipinski definition) is 1. The molecule has 0 saturated heterocycles. The van der Waals surface area contributed by atoms with E-state index in [4.69, 9.17) is 10.1 Å². The molecule has 4 rings (SSSR count). The number of aromatic amines is 1. The summed E-state index contributed by atoms with van der Waals surface area (Å²) in [6, 6.07) is 10.4. The first-order chi connectivity index (χ1) is 15.1. The van der Waals surface area contributed by atoms with E-state index in [1.807, 2.05) is 12.3 Å². The fourth-order valence-electron chi connectivity index (χ4n) is 3.54. The molecule has 0 aliphatic heterocycles. The Labute approximate surface area is 182 Å². The van der Waals surface area contributed by atoms with Gasteiger partial charge in [0, 0.05) is 36.4 Å². The van der Waals surface area contributed by atoms with Crippen molar-refractivity contribution >= 4 is 0 Å². The van der Waals surface area contributed by atoms with Crippen LogP contribution in [0.5, 0.6) is 0 Å². The largest absolute Gasteiger partial charge is 0.264 e. The van der Waals surface area contributed by atoms with Crippen LogP contribution in [0.1, 0.15) is 50.8 Å². The van der Waals surface area contributed by atoms with Gasteiger partial charge < -0.3 is 0 Å². The van der Waals surface area contributed by atoms with Gasteiger partial charge in [0.1, 0.15) is 5.82 Å². The molecule has 0 saturated carbocycles. The molecule has 1 aromatic carbocycles. The van der Waals surface area contributed by atoms with Crippen molar-refractivity contribution in [1.29, 1.82) is 0 Å². The van der Waals surface area contributed by atoms with E-state index in [0.717, 1.165) is 60.6 Å². The number of H-pyrrole nitrogens is 1. The number of nitrogens with zero attached hydrogens (tertiary/aromatic N) is 7. The highest BCUT2D eigenvalue weighted by Gasteiger charge is 2.13. The number of nitrogens with one attached hydrogen (secondary N) is 1. The second-order valence-corrected chi connectivity index (χ2v) is 8.14. The van der Waals surface area contributed by atoms with E-state index in [1.54, 1.807) is 6.20 Å². The van der Waals surface area contributed by atoms with Crippen molar-refractivity contribution in [3.8, 4) is 22.5 Å². The van der Waals surface area contributed by atoms with Crippen molar-refractivity contribution in [2.24, 2.45) is 5.92 Å². The van der Waals surface area contributed by atoms with Crippen LogP contribution in [-0.2, 0) is 19.4 Å². The van der Waals surface area contributed by atoms with E-state index in [2.05, 4.69) is 75.3 Å². The summed E-state index contributed by atoms with van der Waals surface area (Å²) in [6.45, 7) is 7.36. The average molecular weight is 417 g/mol. The zero-order chi connectivity index (χ0) is 21.6. The third-order valence-electron chi connectivity index (χ3n) is 5.22. The van der Waals surface area contributed by atoms with Gasteiger partial charge in [-0.3, -0.25) is 4.98 Å². The monoisotopic (exact) mass is 416 g/mol. The highest BCUT2D eigenvalue weighted by atomic mass is 15.5. The van der Waals surface area contributed by atoms with Crippen LogP contribution in [0.2, 0.25) is 0 Å². The Bertz CT molecular complexity index is 1100. The fraction of sp³-hybridized carbons (Fsp3) is 0.391. The lowest BCUT2D eigenvalue weighted by Crippen LogP contribution is -2.07. The van der Waals surface area contributed by atoms with Crippen LogP contribution >= 0.6 is 0 Å². The van der Waals surface area contributed by atoms with Crippen LogP contribution < -0.4 is 0 Å². The summed E-state index contributed by atoms with van der Waals surface area (Å²) in [7, 11) is 0. The first-order valence-corrected chi connectivity index (χ1v) is 10.8. The average Bonchev–Trinajstić information content (AvgIpc) is 3.44. The SMILES string of the molecule is CCCc1nc(CCC(C)C)nn1Cc1ccc(-c2cnccc2-c2nn[nH]n2)cc1. The number of aromatic nitrogens is 8. The van der Waals surface area contributed by atoms with Gasteiger partial charge in [0.15, 0.2) is 5.82 Å². The molecule has 0 bridgehead atoms. The van der Waals surface area contributed by atoms with E-state index in [9.17, 15) is 0 Å². The van der Waals surface area contributed by atoms with Crippen LogP contribution in [0.15, 0.2) is 42.7 Å². The Hall–Kier alpha value is -3.42. The zero-order valence-electron chi connectivity index (χ0n) is 18.3. The molecule has 3 aromatic heterocycles. The molecule has 8 nitrogen and oxygen atoms in total. The molecule has 0 aliphatic carbocycles. The highest BCUT2D eigenvalue weighted by molar-refractivity contribution is 5.79. The summed E-state index contributed by atoms with van der Waals surface area (Å²) in [6.07, 6.45) is 7.61. The molecule has 0 aliphatic rings. The summed E-state index contributed by atoms with van der Waals surface area (Å²) in [4.78, 5) is 9.07. The molecule has 160 valence electrons. The molecule has 0 unspecified atom stereocenters. The number of pyridine rings is 1. The van der Waals surface area contributed by atoms with Gasteiger partial charge >= 0.3 is 0 Å². The lowest BCUT2D eigenvalue weighted by Gasteiger charge is -2.09. The molecule has 0 radical (unpaired) electrons. The third-order valence-corrected chi connectivity index (χ3v) is 5.22. The second kappa shape index (κ2) is 9.59. The van der Waals surface area contributed by atoms with Gasteiger partial charge in [0.2, 0.25) is 5.82 Å². The van der Waals surface area contributed by atoms with Crippen molar-refractivity contribution < 1.29 is 0 Å². The van der Waals surface area contributed by atoms with Crippen molar-refractivity contribution in [3.63, 3.8) is 0 Å². The Morgan fingerprint density at radius 3 is 2.58 bits per heavy atom. The summed E-state index contributed by atoms with van der Waals surface area (Å²) in [5.74, 6) is 3.23. The van der Waals surface area contributed by atoms with Crippen LogP contribution in [-0.4, -0.2) is 40.4 Å². The van der Waals surface area contributed by atoms with Crippen molar-refractivity contribution in [2.45, 2.75) is 53.0 Å². The topological polar surface area (TPSA) is 98.1 Å². The van der Waals surface area contributed by atoms with Gasteiger partial charge in [-0.15, -0.1) is 10.2 Å². The number of benzene rings is 1. The summed E-state index contributed by atoms with van der Waals surface area (Å²) in [5, 5.41) is 19.2. The Morgan fingerprint density at radius 1 is 1.03 bits per heavy atom. The molecular weight excluding hydrogens is 388 g/mol. The van der Waals surface area contributed by atoms with E-state index in [-0.39, 0.29) is 0 Å². The Morgan fingerprint density at radius 2 is 1.87 bits per heavy atom. The minimum absolute atomic E-state index is 0.558. The van der Waals surface area contributed by atoms with Gasteiger partial charge in [-0.2, -0.15) is 10.3 Å². The maximum Gasteiger partial charge on any atom is 0.205 e. The lowest BCUT2D eigenvalue weighted by molar-refractivity contribution is 0.567. The van der Waals surface area contributed by atoms with E-state index >= 15 is 0 Å². The van der Waals surface area contributed by atoms with Crippen molar-refractivity contribution in [2.75, 3.05) is 0 Å². The molecule has 8 heteroatoms. The van der Waals surface area contributed by atoms with Crippen LogP contribution in [0.4, 0.5) is 0 Å². The quantitative estimate of drug-likeness (QED) is 0.441. The molecule has 0 fully saturated rings. The van der Waals surface area contributed by atoms with Gasteiger partial charge in [0.25, 0.3) is 0 Å². The number of aryl methyl sites for hydroxylation is 2. The maximum absolute atomic E-state index is 4.79. The molecule has 3 heterocycles. The normalized spacial score (nSPS) is 11.4. The van der Waals surface area contributed by atoms with Crippen molar-refractivity contribution in [1.82, 2.24) is 40.4 Å².